The Labute approximate surface area is 261 Å². The predicted molar refractivity (Wildman–Crippen MR) is 168 cm³/mol. The first-order valence-electron chi connectivity index (χ1n) is 16.6. The lowest BCUT2D eigenvalue weighted by Gasteiger charge is -2.48. The summed E-state index contributed by atoms with van der Waals surface area (Å²) in [4.78, 5) is 34.9. The zero-order valence-corrected chi connectivity index (χ0v) is 26.2. The number of benzene rings is 1. The lowest BCUT2D eigenvalue weighted by molar-refractivity contribution is -0.137. The van der Waals surface area contributed by atoms with Gasteiger partial charge in [-0.1, -0.05) is 43.0 Å². The quantitative estimate of drug-likeness (QED) is 0.445. The maximum Gasteiger partial charge on any atom is 0.240 e. The van der Waals surface area contributed by atoms with Crippen LogP contribution in [0.1, 0.15) is 76.2 Å². The maximum atomic E-state index is 14.3. The number of rotatable bonds is 9. The van der Waals surface area contributed by atoms with E-state index in [1.165, 1.54) is 32.1 Å². The first-order chi connectivity index (χ1) is 21.0. The van der Waals surface area contributed by atoms with Crippen LogP contribution in [0.25, 0.3) is 0 Å². The average Bonchev–Trinajstić information content (AvgIpc) is 3.55. The third-order valence-electron chi connectivity index (χ3n) is 10.9. The van der Waals surface area contributed by atoms with Crippen LogP contribution in [0, 0.1) is 11.3 Å². The molecule has 234 valence electrons. The van der Waals surface area contributed by atoms with Gasteiger partial charge in [-0.15, -0.1) is 0 Å². The van der Waals surface area contributed by atoms with Gasteiger partial charge in [0.2, 0.25) is 11.8 Å². The molecule has 1 aromatic carbocycles. The van der Waals surface area contributed by atoms with Crippen LogP contribution in [0.4, 0.5) is 0 Å². The molecule has 4 aliphatic rings. The van der Waals surface area contributed by atoms with Gasteiger partial charge in [-0.3, -0.25) is 19.2 Å². The van der Waals surface area contributed by atoms with Crippen molar-refractivity contribution < 1.29 is 9.59 Å². The van der Waals surface area contributed by atoms with Crippen molar-refractivity contribution in [2.75, 3.05) is 32.7 Å². The minimum Gasteiger partial charge on any atom is -0.354 e. The monoisotopic (exact) mass is 609 g/mol. The third-order valence-corrected chi connectivity index (χ3v) is 11.1. The lowest BCUT2D eigenvalue weighted by atomic mass is 9.63. The summed E-state index contributed by atoms with van der Waals surface area (Å²) in [5.74, 6) is 1.05. The number of halogens is 1. The molecule has 6 rings (SSSR count). The van der Waals surface area contributed by atoms with Gasteiger partial charge in [0, 0.05) is 49.8 Å². The zero-order valence-electron chi connectivity index (χ0n) is 25.4. The van der Waals surface area contributed by atoms with E-state index in [0.717, 1.165) is 76.8 Å². The van der Waals surface area contributed by atoms with Gasteiger partial charge in [-0.2, -0.15) is 5.10 Å². The average molecular weight is 610 g/mol. The smallest absolute Gasteiger partial charge is 0.240 e. The van der Waals surface area contributed by atoms with Crippen molar-refractivity contribution in [3.8, 4) is 0 Å². The van der Waals surface area contributed by atoms with Crippen molar-refractivity contribution in [1.29, 1.82) is 0 Å². The Hall–Kier alpha value is -2.49. The summed E-state index contributed by atoms with van der Waals surface area (Å²) in [6, 6.07) is 8.42. The van der Waals surface area contributed by atoms with E-state index in [-0.39, 0.29) is 23.3 Å². The fourth-order valence-corrected chi connectivity index (χ4v) is 8.50. The molecule has 2 saturated carbocycles. The summed E-state index contributed by atoms with van der Waals surface area (Å²) < 4.78 is 2.02. The van der Waals surface area contributed by atoms with E-state index in [0.29, 0.717) is 36.0 Å². The molecule has 0 radical (unpaired) electrons. The highest BCUT2D eigenvalue weighted by molar-refractivity contribution is 6.30. The van der Waals surface area contributed by atoms with Crippen LogP contribution in [0.5, 0.6) is 0 Å². The zero-order chi connectivity index (χ0) is 29.6. The lowest BCUT2D eigenvalue weighted by Crippen LogP contribution is -2.56. The van der Waals surface area contributed by atoms with Crippen molar-refractivity contribution in [1.82, 2.24) is 35.2 Å². The minimum atomic E-state index is -0.263. The predicted octanol–water partition coefficient (Wildman–Crippen LogP) is 4.06. The number of hydrogen-bond donors (Lipinski definition) is 2. The topological polar surface area (TPSA) is 95.4 Å². The van der Waals surface area contributed by atoms with Gasteiger partial charge in [0.1, 0.15) is 12.7 Å². The Morgan fingerprint density at radius 3 is 2.44 bits per heavy atom. The number of piperidine rings is 1. The van der Waals surface area contributed by atoms with Crippen LogP contribution in [-0.2, 0) is 22.6 Å². The van der Waals surface area contributed by atoms with Crippen molar-refractivity contribution >= 4 is 23.4 Å². The maximum absolute atomic E-state index is 14.3. The highest BCUT2D eigenvalue weighted by Gasteiger charge is 2.44. The van der Waals surface area contributed by atoms with E-state index in [9.17, 15) is 9.59 Å². The second kappa shape index (κ2) is 14.1. The first kappa shape index (κ1) is 30.5. The van der Waals surface area contributed by atoms with Gasteiger partial charge in [-0.05, 0) is 86.8 Å². The van der Waals surface area contributed by atoms with Crippen LogP contribution in [0.2, 0.25) is 5.02 Å². The molecule has 9 nitrogen and oxygen atoms in total. The van der Waals surface area contributed by atoms with Crippen LogP contribution in [-0.4, -0.2) is 87.2 Å². The normalized spacial score (nSPS) is 26.2. The SMILES string of the molecule is O=C1CN([C@H]2CC[C@@H](N[C@H](Cc3ccc(Cl)cc3)C(=O)N3CCC(Cn4cncn4)(C4CCCCC4)CC3)CC2)CCN1. The molecule has 2 amide bonds. The second-order valence-electron chi connectivity index (χ2n) is 13.5. The molecule has 1 atom stereocenters. The van der Waals surface area contributed by atoms with E-state index in [1.54, 1.807) is 6.33 Å². The summed E-state index contributed by atoms with van der Waals surface area (Å²) >= 11 is 6.19. The summed E-state index contributed by atoms with van der Waals surface area (Å²) in [5, 5.41) is 12.0. The van der Waals surface area contributed by atoms with Crippen LogP contribution >= 0.6 is 11.6 Å². The van der Waals surface area contributed by atoms with Crippen molar-refractivity contribution in [2.45, 2.75) is 102 Å². The van der Waals surface area contributed by atoms with E-state index in [1.807, 2.05) is 35.3 Å². The number of carbonyl (C=O) groups excluding carboxylic acids is 2. The molecule has 0 spiro atoms. The second-order valence-corrected chi connectivity index (χ2v) is 13.9. The summed E-state index contributed by atoms with van der Waals surface area (Å²) in [6.45, 7) is 4.67. The molecular weight excluding hydrogens is 562 g/mol. The molecule has 2 saturated heterocycles. The van der Waals surface area contributed by atoms with Crippen molar-refractivity contribution in [2.24, 2.45) is 11.3 Å². The molecule has 3 heterocycles. The van der Waals surface area contributed by atoms with Crippen molar-refractivity contribution in [3.63, 3.8) is 0 Å². The number of nitrogens with one attached hydrogen (secondary N) is 2. The third kappa shape index (κ3) is 7.60. The van der Waals surface area contributed by atoms with Crippen molar-refractivity contribution in [3.05, 3.63) is 47.5 Å². The molecule has 1 aromatic heterocycles. The molecular formula is C33H48ClN7O2. The number of aromatic nitrogens is 3. The van der Waals surface area contributed by atoms with Gasteiger partial charge in [0.25, 0.3) is 0 Å². The highest BCUT2D eigenvalue weighted by atomic mass is 35.5. The van der Waals surface area contributed by atoms with Gasteiger partial charge in [-0.25, -0.2) is 4.98 Å². The summed E-state index contributed by atoms with van der Waals surface area (Å²) in [6.07, 6.45) is 16.9. The molecule has 0 bridgehead atoms. The number of hydrogen-bond acceptors (Lipinski definition) is 6. The van der Waals surface area contributed by atoms with E-state index in [2.05, 4.69) is 30.5 Å². The Morgan fingerprint density at radius 2 is 1.77 bits per heavy atom. The number of amides is 2. The van der Waals surface area contributed by atoms with Gasteiger partial charge < -0.3 is 15.5 Å². The summed E-state index contributed by atoms with van der Waals surface area (Å²) in [5.41, 5.74) is 1.30. The first-order valence-corrected chi connectivity index (χ1v) is 17.0. The number of nitrogens with zero attached hydrogens (tertiary/aromatic N) is 5. The Bertz CT molecular complexity index is 1180. The fraction of sp³-hybridized carbons (Fsp3) is 0.697. The Kier molecular flexibility index (Phi) is 10.00. The standard InChI is InChI=1S/C33H48ClN7O2/c34-27-8-6-25(7-9-27)20-30(38-28-10-12-29(13-11-28)40-19-16-36-31(42)21-40)32(43)39-17-14-33(15-18-39,22-41-24-35-23-37-41)26-4-2-1-3-5-26/h6-9,23-24,26,28-30,38H,1-5,10-22H2,(H,36,42)/t28-,29+,30-/m1/s1. The van der Waals surface area contributed by atoms with Gasteiger partial charge >= 0.3 is 0 Å². The summed E-state index contributed by atoms with van der Waals surface area (Å²) in [7, 11) is 0. The van der Waals surface area contributed by atoms with Gasteiger partial charge in [0.15, 0.2) is 0 Å². The fourth-order valence-electron chi connectivity index (χ4n) is 8.38. The molecule has 4 fully saturated rings. The molecule has 2 aromatic rings. The number of piperazine rings is 1. The Morgan fingerprint density at radius 1 is 1.02 bits per heavy atom. The number of likely N-dealkylation sites (tertiary alicyclic amines) is 1. The molecule has 2 aliphatic heterocycles. The molecule has 0 unspecified atom stereocenters. The molecule has 10 heteroatoms. The van der Waals surface area contributed by atoms with E-state index >= 15 is 0 Å². The van der Waals surface area contributed by atoms with Crippen LogP contribution < -0.4 is 10.6 Å². The molecule has 2 N–H and O–H groups in total. The number of carbonyl (C=O) groups is 2. The minimum absolute atomic E-state index is 0.135. The van der Waals surface area contributed by atoms with Gasteiger partial charge in [0.05, 0.1) is 12.6 Å². The molecule has 2 aliphatic carbocycles. The highest BCUT2D eigenvalue weighted by Crippen LogP contribution is 2.47. The Balaban J connectivity index is 1.11. The van der Waals surface area contributed by atoms with Crippen LogP contribution in [0.3, 0.4) is 0 Å². The molecule has 43 heavy (non-hydrogen) atoms. The van der Waals surface area contributed by atoms with Crippen LogP contribution in [0.15, 0.2) is 36.9 Å². The van der Waals surface area contributed by atoms with E-state index < -0.39 is 0 Å². The largest absolute Gasteiger partial charge is 0.354 e. The van der Waals surface area contributed by atoms with E-state index in [4.69, 9.17) is 11.6 Å².